The van der Waals surface area contributed by atoms with E-state index in [2.05, 4.69) is 21.2 Å². The number of carboxylic acid groups (broad SMARTS) is 1. The largest absolute Gasteiger partial charge is 0.480 e. The summed E-state index contributed by atoms with van der Waals surface area (Å²) in [7, 11) is 0. The minimum atomic E-state index is -0.873. The van der Waals surface area contributed by atoms with Crippen LogP contribution in [0.15, 0.2) is 22.7 Å². The second kappa shape index (κ2) is 5.55. The molecule has 88 valence electrons. The number of carboxylic acids is 1. The fourth-order valence-electron chi connectivity index (χ4n) is 1.30. The Kier molecular flexibility index (Phi) is 4.62. The summed E-state index contributed by atoms with van der Waals surface area (Å²) in [6.45, 7) is 3.70. The number of rotatable bonds is 4. The molecule has 0 spiro atoms. The van der Waals surface area contributed by atoms with Crippen molar-refractivity contribution >= 4 is 39.2 Å². The Morgan fingerprint density at radius 1 is 1.50 bits per heavy atom. The molecule has 0 bridgehead atoms. The van der Waals surface area contributed by atoms with Gasteiger partial charge in [0.25, 0.3) is 0 Å². The molecule has 0 aromatic heterocycles. The van der Waals surface area contributed by atoms with Crippen molar-refractivity contribution in [3.05, 3.63) is 27.7 Å². The van der Waals surface area contributed by atoms with E-state index >= 15 is 0 Å². The Bertz CT molecular complexity index is 396. The zero-order valence-electron chi connectivity index (χ0n) is 9.00. The molecular formula is C11H13BrClNO2. The average molecular weight is 307 g/mol. The molecule has 1 aromatic carbocycles. The zero-order chi connectivity index (χ0) is 12.3. The van der Waals surface area contributed by atoms with Crippen molar-refractivity contribution in [1.82, 2.24) is 0 Å². The fraction of sp³-hybridized carbons (Fsp3) is 0.364. The average Bonchev–Trinajstić information content (AvgIpc) is 2.19. The van der Waals surface area contributed by atoms with Gasteiger partial charge in [0.2, 0.25) is 0 Å². The molecule has 5 heteroatoms. The highest BCUT2D eigenvalue weighted by molar-refractivity contribution is 9.10. The van der Waals surface area contributed by atoms with Gasteiger partial charge in [0, 0.05) is 0 Å². The van der Waals surface area contributed by atoms with Crippen molar-refractivity contribution in [3.8, 4) is 0 Å². The number of aliphatic carboxylic acids is 1. The van der Waals surface area contributed by atoms with Crippen LogP contribution in [-0.2, 0) is 4.79 Å². The highest BCUT2D eigenvalue weighted by Crippen LogP contribution is 2.31. The Balaban J connectivity index is 2.94. The number of hydrogen-bond donors (Lipinski definition) is 2. The molecule has 3 nitrogen and oxygen atoms in total. The Labute approximate surface area is 108 Å². The van der Waals surface area contributed by atoms with Crippen LogP contribution in [-0.4, -0.2) is 17.1 Å². The molecule has 16 heavy (non-hydrogen) atoms. The van der Waals surface area contributed by atoms with E-state index in [-0.39, 0.29) is 5.92 Å². The van der Waals surface area contributed by atoms with Crippen LogP contribution >= 0.6 is 27.5 Å². The van der Waals surface area contributed by atoms with Gasteiger partial charge in [-0.1, -0.05) is 31.5 Å². The van der Waals surface area contributed by atoms with E-state index in [0.717, 1.165) is 0 Å². The smallest absolute Gasteiger partial charge is 0.326 e. The predicted octanol–water partition coefficient (Wildman–Crippen LogP) is 3.62. The summed E-state index contributed by atoms with van der Waals surface area (Å²) < 4.78 is 0.684. The SMILES string of the molecule is CC(C)C(Nc1cccc(Cl)c1Br)C(=O)O. The molecule has 1 aromatic rings. The summed E-state index contributed by atoms with van der Waals surface area (Å²) >= 11 is 9.24. The van der Waals surface area contributed by atoms with Crippen molar-refractivity contribution in [2.24, 2.45) is 5.92 Å². The van der Waals surface area contributed by atoms with Gasteiger partial charge in [-0.2, -0.15) is 0 Å². The predicted molar refractivity (Wildman–Crippen MR) is 69.0 cm³/mol. The minimum Gasteiger partial charge on any atom is -0.480 e. The quantitative estimate of drug-likeness (QED) is 0.893. The molecular weight excluding hydrogens is 293 g/mol. The molecule has 0 aliphatic rings. The summed E-state index contributed by atoms with van der Waals surface area (Å²) in [5.41, 5.74) is 0.689. The molecule has 1 atom stereocenters. The first kappa shape index (κ1) is 13.3. The Morgan fingerprint density at radius 3 is 2.62 bits per heavy atom. The van der Waals surface area contributed by atoms with Crippen molar-refractivity contribution in [3.63, 3.8) is 0 Å². The maximum absolute atomic E-state index is 11.0. The first-order valence-corrected chi connectivity index (χ1v) is 6.04. The second-order valence-electron chi connectivity index (χ2n) is 3.81. The summed E-state index contributed by atoms with van der Waals surface area (Å²) in [6.07, 6.45) is 0. The monoisotopic (exact) mass is 305 g/mol. The molecule has 0 fully saturated rings. The van der Waals surface area contributed by atoms with Crippen molar-refractivity contribution < 1.29 is 9.90 Å². The van der Waals surface area contributed by atoms with Gasteiger partial charge in [0.05, 0.1) is 15.2 Å². The van der Waals surface area contributed by atoms with Crippen LogP contribution in [0.1, 0.15) is 13.8 Å². The van der Waals surface area contributed by atoms with Gasteiger partial charge < -0.3 is 10.4 Å². The summed E-state index contributed by atoms with van der Waals surface area (Å²) in [4.78, 5) is 11.0. The summed E-state index contributed by atoms with van der Waals surface area (Å²) in [5, 5.41) is 12.6. The van der Waals surface area contributed by atoms with Crippen molar-refractivity contribution in [2.45, 2.75) is 19.9 Å². The number of hydrogen-bond acceptors (Lipinski definition) is 2. The van der Waals surface area contributed by atoms with E-state index in [4.69, 9.17) is 16.7 Å². The number of halogens is 2. The van der Waals surface area contributed by atoms with E-state index in [0.29, 0.717) is 15.2 Å². The third-order valence-electron chi connectivity index (χ3n) is 2.20. The molecule has 0 saturated heterocycles. The van der Waals surface area contributed by atoms with Crippen molar-refractivity contribution in [1.29, 1.82) is 0 Å². The van der Waals surface area contributed by atoms with E-state index in [1.165, 1.54) is 0 Å². The Hall–Kier alpha value is -0.740. The van der Waals surface area contributed by atoms with E-state index < -0.39 is 12.0 Å². The fourth-order valence-corrected chi connectivity index (χ4v) is 1.85. The number of benzene rings is 1. The number of nitrogens with one attached hydrogen (secondary N) is 1. The summed E-state index contributed by atoms with van der Waals surface area (Å²) in [6, 6.07) is 4.67. The lowest BCUT2D eigenvalue weighted by Crippen LogP contribution is -2.34. The van der Waals surface area contributed by atoms with E-state index in [9.17, 15) is 4.79 Å². The first-order valence-electron chi connectivity index (χ1n) is 4.87. The standard InChI is InChI=1S/C11H13BrClNO2/c1-6(2)10(11(15)16)14-8-5-3-4-7(13)9(8)12/h3-6,10,14H,1-2H3,(H,15,16). The lowest BCUT2D eigenvalue weighted by Gasteiger charge is -2.20. The molecule has 0 saturated carbocycles. The maximum atomic E-state index is 11.0. The highest BCUT2D eigenvalue weighted by Gasteiger charge is 2.22. The molecule has 0 amide bonds. The van der Waals surface area contributed by atoms with Gasteiger partial charge in [-0.05, 0) is 34.0 Å². The first-order chi connectivity index (χ1) is 7.43. The molecule has 2 N–H and O–H groups in total. The molecule has 0 heterocycles. The molecule has 1 rings (SSSR count). The summed E-state index contributed by atoms with van der Waals surface area (Å²) in [5.74, 6) is -0.884. The lowest BCUT2D eigenvalue weighted by atomic mass is 10.0. The molecule has 1 unspecified atom stereocenters. The lowest BCUT2D eigenvalue weighted by molar-refractivity contribution is -0.138. The molecule has 0 radical (unpaired) electrons. The van der Waals surface area contributed by atoms with Gasteiger partial charge in [0.1, 0.15) is 6.04 Å². The maximum Gasteiger partial charge on any atom is 0.326 e. The number of carbonyl (C=O) groups is 1. The topological polar surface area (TPSA) is 49.3 Å². The van der Waals surface area contributed by atoms with Gasteiger partial charge in [-0.25, -0.2) is 4.79 Å². The van der Waals surface area contributed by atoms with Crippen LogP contribution in [0.25, 0.3) is 0 Å². The van der Waals surface area contributed by atoms with E-state index in [1.54, 1.807) is 18.2 Å². The van der Waals surface area contributed by atoms with Crippen LogP contribution in [0.2, 0.25) is 5.02 Å². The normalized spacial score (nSPS) is 12.6. The van der Waals surface area contributed by atoms with Crippen LogP contribution in [0, 0.1) is 5.92 Å². The zero-order valence-corrected chi connectivity index (χ0v) is 11.3. The van der Waals surface area contributed by atoms with Gasteiger partial charge in [-0.15, -0.1) is 0 Å². The van der Waals surface area contributed by atoms with Crippen LogP contribution in [0.4, 0.5) is 5.69 Å². The van der Waals surface area contributed by atoms with E-state index in [1.807, 2.05) is 13.8 Å². The highest BCUT2D eigenvalue weighted by atomic mass is 79.9. The van der Waals surface area contributed by atoms with Gasteiger partial charge >= 0.3 is 5.97 Å². The van der Waals surface area contributed by atoms with Gasteiger partial charge in [0.15, 0.2) is 0 Å². The third-order valence-corrected chi connectivity index (χ3v) is 3.59. The second-order valence-corrected chi connectivity index (χ2v) is 5.01. The van der Waals surface area contributed by atoms with Crippen LogP contribution < -0.4 is 5.32 Å². The van der Waals surface area contributed by atoms with Crippen LogP contribution in [0.5, 0.6) is 0 Å². The van der Waals surface area contributed by atoms with Crippen LogP contribution in [0.3, 0.4) is 0 Å². The Morgan fingerprint density at radius 2 is 2.12 bits per heavy atom. The van der Waals surface area contributed by atoms with Gasteiger partial charge in [-0.3, -0.25) is 0 Å². The minimum absolute atomic E-state index is 0.0108. The number of anilines is 1. The third kappa shape index (κ3) is 3.12. The van der Waals surface area contributed by atoms with Crippen molar-refractivity contribution in [2.75, 3.05) is 5.32 Å². The molecule has 0 aliphatic heterocycles. The molecule has 0 aliphatic carbocycles.